The molecule has 0 saturated heterocycles. The van der Waals surface area contributed by atoms with E-state index < -0.39 is 0 Å². The maximum atomic E-state index is 5.48. The summed E-state index contributed by atoms with van der Waals surface area (Å²) in [5.41, 5.74) is 7.66. The summed E-state index contributed by atoms with van der Waals surface area (Å²) >= 11 is 0. The molecule has 1 aromatic carbocycles. The minimum absolute atomic E-state index is 0.840. The molecule has 0 aliphatic carbocycles. The van der Waals surface area contributed by atoms with E-state index in [0.29, 0.717) is 0 Å². The maximum Gasteiger partial charge on any atom is 0.0314 e. The van der Waals surface area contributed by atoms with E-state index >= 15 is 0 Å². The molecule has 1 nitrogen and oxygen atoms in total. The normalized spacial score (nSPS) is 9.94. The quantitative estimate of drug-likeness (QED) is 0.710. The number of nitrogen functional groups attached to an aromatic ring is 1. The molecule has 1 aromatic rings. The summed E-state index contributed by atoms with van der Waals surface area (Å²) in [5.74, 6) is 0.963. The van der Waals surface area contributed by atoms with Crippen LogP contribution in [0.25, 0.3) is 0 Å². The molecule has 0 fully saturated rings. The molecule has 2 N–H and O–H groups in total. The fraction of sp³-hybridized carbons (Fsp3) is 0.625. The van der Waals surface area contributed by atoms with E-state index in [1.807, 2.05) is 12.1 Å². The van der Waals surface area contributed by atoms with Gasteiger partial charge in [0.25, 0.3) is 0 Å². The zero-order chi connectivity index (χ0) is 13.1. The van der Waals surface area contributed by atoms with E-state index in [1.54, 1.807) is 0 Å². The van der Waals surface area contributed by atoms with Crippen LogP contribution in [0.2, 0.25) is 0 Å². The number of rotatable bonds is 5. The first-order chi connectivity index (χ1) is 8.13. The fourth-order valence-electron chi connectivity index (χ4n) is 1.88. The lowest BCUT2D eigenvalue weighted by atomic mass is 10.0. The smallest absolute Gasteiger partial charge is 0.0314 e. The zero-order valence-corrected chi connectivity index (χ0v) is 12.0. The SMILES string of the molecule is CCCC(C)CCC.CCc1ccc(N)cc1. The minimum Gasteiger partial charge on any atom is -0.399 e. The van der Waals surface area contributed by atoms with Crippen LogP contribution in [-0.4, -0.2) is 0 Å². The average molecular weight is 235 g/mol. The molecule has 0 heterocycles. The summed E-state index contributed by atoms with van der Waals surface area (Å²) < 4.78 is 0. The molecule has 1 rings (SSSR count). The van der Waals surface area contributed by atoms with Gasteiger partial charge < -0.3 is 5.73 Å². The predicted octanol–water partition coefficient (Wildman–Crippen LogP) is 5.05. The third-order valence-corrected chi connectivity index (χ3v) is 2.95. The first-order valence-electron chi connectivity index (χ1n) is 6.98. The molecule has 0 radical (unpaired) electrons. The second kappa shape index (κ2) is 10.2. The number of anilines is 1. The summed E-state index contributed by atoms with van der Waals surface area (Å²) in [6.45, 7) is 8.98. The van der Waals surface area contributed by atoms with Gasteiger partial charge in [-0.05, 0) is 30.0 Å². The van der Waals surface area contributed by atoms with Crippen LogP contribution in [0.1, 0.15) is 58.9 Å². The van der Waals surface area contributed by atoms with Crippen molar-refractivity contribution in [1.82, 2.24) is 0 Å². The van der Waals surface area contributed by atoms with E-state index in [1.165, 1.54) is 31.2 Å². The summed E-state index contributed by atoms with van der Waals surface area (Å²) in [5, 5.41) is 0. The molecule has 17 heavy (non-hydrogen) atoms. The van der Waals surface area contributed by atoms with Crippen LogP contribution >= 0.6 is 0 Å². The van der Waals surface area contributed by atoms with Crippen molar-refractivity contribution in [3.8, 4) is 0 Å². The van der Waals surface area contributed by atoms with Crippen LogP contribution in [0.4, 0.5) is 5.69 Å². The molecule has 0 unspecified atom stereocenters. The lowest BCUT2D eigenvalue weighted by Crippen LogP contribution is -1.91. The molecule has 0 aliphatic heterocycles. The standard InChI is InChI=1S/C8H11N.C8H18/c1-2-7-3-5-8(9)6-4-7;1-4-6-8(3)7-5-2/h3-6H,2,9H2,1H3;8H,4-7H2,1-3H3. The van der Waals surface area contributed by atoms with Gasteiger partial charge in [-0.25, -0.2) is 0 Å². The highest BCUT2D eigenvalue weighted by molar-refractivity contribution is 5.39. The minimum atomic E-state index is 0.840. The van der Waals surface area contributed by atoms with Crippen LogP contribution in [0.15, 0.2) is 24.3 Å². The molecule has 0 aromatic heterocycles. The summed E-state index contributed by atoms with van der Waals surface area (Å²) in [6.07, 6.45) is 6.60. The summed E-state index contributed by atoms with van der Waals surface area (Å²) in [7, 11) is 0. The van der Waals surface area contributed by atoms with Gasteiger partial charge in [0.15, 0.2) is 0 Å². The van der Waals surface area contributed by atoms with Gasteiger partial charge in [-0.3, -0.25) is 0 Å². The largest absolute Gasteiger partial charge is 0.399 e. The number of nitrogens with two attached hydrogens (primary N) is 1. The van der Waals surface area contributed by atoms with Crippen molar-refractivity contribution in [2.75, 3.05) is 5.73 Å². The van der Waals surface area contributed by atoms with E-state index in [9.17, 15) is 0 Å². The number of benzene rings is 1. The van der Waals surface area contributed by atoms with Gasteiger partial charge >= 0.3 is 0 Å². The third-order valence-electron chi connectivity index (χ3n) is 2.95. The van der Waals surface area contributed by atoms with Gasteiger partial charge in [-0.15, -0.1) is 0 Å². The second-order valence-electron chi connectivity index (χ2n) is 4.78. The summed E-state index contributed by atoms with van der Waals surface area (Å²) in [6, 6.07) is 7.96. The van der Waals surface area contributed by atoms with Gasteiger partial charge in [0.05, 0.1) is 0 Å². The zero-order valence-electron chi connectivity index (χ0n) is 12.0. The van der Waals surface area contributed by atoms with Crippen LogP contribution in [0, 0.1) is 5.92 Å². The van der Waals surface area contributed by atoms with Gasteiger partial charge in [0.2, 0.25) is 0 Å². The topological polar surface area (TPSA) is 26.0 Å². The first-order valence-corrected chi connectivity index (χ1v) is 6.98. The highest BCUT2D eigenvalue weighted by atomic mass is 14.5. The van der Waals surface area contributed by atoms with Crippen molar-refractivity contribution in [2.24, 2.45) is 5.92 Å². The number of hydrogen-bond acceptors (Lipinski definition) is 1. The number of aryl methyl sites for hydroxylation is 1. The van der Waals surface area contributed by atoms with Gasteiger partial charge in [0, 0.05) is 5.69 Å². The van der Waals surface area contributed by atoms with Crippen molar-refractivity contribution >= 4 is 5.69 Å². The van der Waals surface area contributed by atoms with Crippen LogP contribution in [0.3, 0.4) is 0 Å². The Kier molecular flexibility index (Phi) is 9.60. The van der Waals surface area contributed by atoms with Crippen LogP contribution < -0.4 is 5.73 Å². The van der Waals surface area contributed by atoms with Gasteiger partial charge in [0.1, 0.15) is 0 Å². The Morgan fingerprint density at radius 2 is 1.41 bits per heavy atom. The Morgan fingerprint density at radius 1 is 0.941 bits per heavy atom. The highest BCUT2D eigenvalue weighted by Crippen LogP contribution is 2.10. The molecule has 0 aliphatic rings. The molecule has 98 valence electrons. The van der Waals surface area contributed by atoms with Gasteiger partial charge in [-0.2, -0.15) is 0 Å². The molecule has 0 spiro atoms. The monoisotopic (exact) mass is 235 g/mol. The maximum absolute atomic E-state index is 5.48. The Morgan fingerprint density at radius 3 is 1.76 bits per heavy atom. The Labute approximate surface area is 107 Å². The number of hydrogen-bond donors (Lipinski definition) is 1. The fourth-order valence-corrected chi connectivity index (χ4v) is 1.88. The highest BCUT2D eigenvalue weighted by Gasteiger charge is 1.95. The van der Waals surface area contributed by atoms with Gasteiger partial charge in [-0.1, -0.05) is 65.5 Å². The third kappa shape index (κ3) is 8.79. The molecule has 1 heteroatoms. The Hall–Kier alpha value is -0.980. The van der Waals surface area contributed by atoms with Crippen molar-refractivity contribution in [3.63, 3.8) is 0 Å². The average Bonchev–Trinajstić information content (AvgIpc) is 2.32. The van der Waals surface area contributed by atoms with Crippen molar-refractivity contribution in [3.05, 3.63) is 29.8 Å². The van der Waals surface area contributed by atoms with E-state index in [0.717, 1.165) is 18.0 Å². The molecular formula is C16H29N. The van der Waals surface area contributed by atoms with Crippen molar-refractivity contribution in [1.29, 1.82) is 0 Å². The van der Waals surface area contributed by atoms with Crippen molar-refractivity contribution < 1.29 is 0 Å². The van der Waals surface area contributed by atoms with E-state index in [4.69, 9.17) is 5.73 Å². The van der Waals surface area contributed by atoms with E-state index in [2.05, 4.69) is 39.8 Å². The first kappa shape index (κ1) is 16.0. The lowest BCUT2D eigenvalue weighted by molar-refractivity contribution is 0.480. The predicted molar refractivity (Wildman–Crippen MR) is 79.2 cm³/mol. The second-order valence-corrected chi connectivity index (χ2v) is 4.78. The molecular weight excluding hydrogens is 206 g/mol. The lowest BCUT2D eigenvalue weighted by Gasteiger charge is -2.05. The molecule has 0 saturated carbocycles. The molecule has 0 atom stereocenters. The Bertz CT molecular complexity index is 257. The Balaban J connectivity index is 0.000000304. The van der Waals surface area contributed by atoms with E-state index in [-0.39, 0.29) is 0 Å². The van der Waals surface area contributed by atoms with Crippen LogP contribution in [0.5, 0.6) is 0 Å². The molecule has 0 bridgehead atoms. The molecule has 0 amide bonds. The van der Waals surface area contributed by atoms with Crippen molar-refractivity contribution in [2.45, 2.75) is 59.8 Å². The summed E-state index contributed by atoms with van der Waals surface area (Å²) in [4.78, 5) is 0. The van der Waals surface area contributed by atoms with Crippen LogP contribution in [-0.2, 0) is 6.42 Å².